The van der Waals surface area contributed by atoms with Crippen LogP contribution in [0.25, 0.3) is 0 Å². The Morgan fingerprint density at radius 3 is 2.10 bits per heavy atom. The molecule has 0 atom stereocenters. The molecule has 0 aliphatic carbocycles. The molecule has 0 radical (unpaired) electrons. The predicted octanol–water partition coefficient (Wildman–Crippen LogP) is 1.38. The molecule has 1 aliphatic heterocycles. The quantitative estimate of drug-likeness (QED) is 0.513. The highest BCUT2D eigenvalue weighted by Gasteiger charge is 2.32. The van der Waals surface area contributed by atoms with Gasteiger partial charge in [0, 0.05) is 0 Å². The smallest absolute Gasteiger partial charge is 0.222 e. The summed E-state index contributed by atoms with van der Waals surface area (Å²) in [4.78, 5) is 15.3. The average molecular weight is 143 g/mol. The fourth-order valence-corrected chi connectivity index (χ4v) is 0.406. The maximum atomic E-state index is 10.6. The van der Waals surface area contributed by atoms with Crippen LogP contribution in [0.4, 0.5) is 0 Å². The number of carbonyl (C=O) groups excluding carboxylic acids is 1. The van der Waals surface area contributed by atoms with E-state index in [-0.39, 0.29) is 5.78 Å². The van der Waals surface area contributed by atoms with Crippen LogP contribution in [0.3, 0.4) is 0 Å². The van der Waals surface area contributed by atoms with Crippen molar-refractivity contribution in [2.24, 2.45) is 5.16 Å². The van der Waals surface area contributed by atoms with Crippen molar-refractivity contribution < 1.29 is 9.63 Å². The van der Waals surface area contributed by atoms with Gasteiger partial charge in [0.05, 0.1) is 0 Å². The van der Waals surface area contributed by atoms with Gasteiger partial charge in [0.25, 0.3) is 0 Å². The Kier molecular flexibility index (Phi) is 3.06. The molecular weight excluding hydrogens is 130 g/mol. The second-order valence-corrected chi connectivity index (χ2v) is 2.20. The van der Waals surface area contributed by atoms with Gasteiger partial charge in [0.15, 0.2) is 5.60 Å². The Labute approximate surface area is 61.1 Å². The largest absolute Gasteiger partial charge is 0.381 e. The van der Waals surface area contributed by atoms with Gasteiger partial charge < -0.3 is 4.84 Å². The first-order valence-corrected chi connectivity index (χ1v) is 3.39. The molecule has 1 aliphatic rings. The minimum atomic E-state index is -0.708. The Bertz CT molecular complexity index is 150. The number of hydrogen-bond acceptors (Lipinski definition) is 3. The second-order valence-electron chi connectivity index (χ2n) is 2.20. The summed E-state index contributed by atoms with van der Waals surface area (Å²) in [7, 11) is 0. The lowest BCUT2D eigenvalue weighted by atomic mass is 10.1. The zero-order valence-corrected chi connectivity index (χ0v) is 6.84. The molecule has 0 fully saturated rings. The first kappa shape index (κ1) is 9.14. The van der Waals surface area contributed by atoms with Gasteiger partial charge >= 0.3 is 0 Å². The van der Waals surface area contributed by atoms with Crippen LogP contribution < -0.4 is 0 Å². The Morgan fingerprint density at radius 2 is 2.00 bits per heavy atom. The van der Waals surface area contributed by atoms with Crippen molar-refractivity contribution in [3.63, 3.8) is 0 Å². The number of nitrogens with zero attached hydrogens (tertiary/aromatic N) is 1. The van der Waals surface area contributed by atoms with Gasteiger partial charge in [-0.15, -0.1) is 0 Å². The predicted molar refractivity (Wildman–Crippen MR) is 40.0 cm³/mol. The summed E-state index contributed by atoms with van der Waals surface area (Å²) in [5, 5.41) is 3.34. The van der Waals surface area contributed by atoms with Crippen molar-refractivity contribution >= 4 is 12.0 Å². The molecule has 58 valence electrons. The third-order valence-electron chi connectivity index (χ3n) is 1.04. The molecule has 10 heavy (non-hydrogen) atoms. The van der Waals surface area contributed by atoms with Gasteiger partial charge in [-0.2, -0.15) is 0 Å². The molecule has 3 nitrogen and oxygen atoms in total. The summed E-state index contributed by atoms with van der Waals surface area (Å²) in [6.07, 6.45) is 1.19. The standard InChI is InChI=1S/C5H7NO2.C2H6/c1-5(2)4(7)3-6-8-5;1-2/h3H,1-2H3;1-2H3. The molecule has 0 saturated heterocycles. The summed E-state index contributed by atoms with van der Waals surface area (Å²) in [6, 6.07) is 0. The number of Topliss-reactive ketones (excluding diaryl/α,β-unsaturated/α-hetero) is 1. The second kappa shape index (κ2) is 3.34. The molecule has 0 aromatic carbocycles. The van der Waals surface area contributed by atoms with E-state index in [1.165, 1.54) is 6.21 Å². The van der Waals surface area contributed by atoms with E-state index >= 15 is 0 Å². The van der Waals surface area contributed by atoms with Crippen LogP contribution in [0.15, 0.2) is 5.16 Å². The summed E-state index contributed by atoms with van der Waals surface area (Å²) in [6.45, 7) is 7.37. The highest BCUT2D eigenvalue weighted by molar-refractivity contribution is 6.31. The zero-order valence-electron chi connectivity index (χ0n) is 6.84. The summed E-state index contributed by atoms with van der Waals surface area (Å²) < 4.78 is 0. The normalized spacial score (nSPS) is 19.4. The monoisotopic (exact) mass is 143 g/mol. The van der Waals surface area contributed by atoms with Crippen molar-refractivity contribution in [2.45, 2.75) is 33.3 Å². The SMILES string of the molecule is CC.CC1(C)ON=CC1=O. The fourth-order valence-electron chi connectivity index (χ4n) is 0.406. The van der Waals surface area contributed by atoms with E-state index < -0.39 is 5.60 Å². The number of ketones is 1. The molecule has 0 aromatic heterocycles. The van der Waals surface area contributed by atoms with Crippen LogP contribution in [0.5, 0.6) is 0 Å². The Hall–Kier alpha value is -0.860. The van der Waals surface area contributed by atoms with E-state index in [2.05, 4.69) is 9.99 Å². The number of oxime groups is 1. The van der Waals surface area contributed by atoms with Crippen molar-refractivity contribution in [3.8, 4) is 0 Å². The minimum Gasteiger partial charge on any atom is -0.381 e. The molecular formula is C7H13NO2. The van der Waals surface area contributed by atoms with Crippen molar-refractivity contribution in [2.75, 3.05) is 0 Å². The van der Waals surface area contributed by atoms with Gasteiger partial charge in [0.1, 0.15) is 6.21 Å². The number of hydrogen-bond donors (Lipinski definition) is 0. The maximum absolute atomic E-state index is 10.6. The van der Waals surface area contributed by atoms with Gasteiger partial charge in [-0.05, 0) is 13.8 Å². The van der Waals surface area contributed by atoms with E-state index in [4.69, 9.17) is 0 Å². The maximum Gasteiger partial charge on any atom is 0.222 e. The molecule has 1 rings (SSSR count). The van der Waals surface area contributed by atoms with Gasteiger partial charge in [-0.25, -0.2) is 0 Å². The highest BCUT2D eigenvalue weighted by Crippen LogP contribution is 2.13. The topological polar surface area (TPSA) is 38.7 Å². The molecule has 1 heterocycles. The van der Waals surface area contributed by atoms with Gasteiger partial charge in [-0.3, -0.25) is 4.79 Å². The molecule has 0 spiro atoms. The van der Waals surface area contributed by atoms with Crippen LogP contribution in [0, 0.1) is 0 Å². The van der Waals surface area contributed by atoms with Crippen molar-refractivity contribution in [1.29, 1.82) is 0 Å². The first-order valence-electron chi connectivity index (χ1n) is 3.39. The fraction of sp³-hybridized carbons (Fsp3) is 0.714. The Morgan fingerprint density at radius 1 is 1.50 bits per heavy atom. The minimum absolute atomic E-state index is 0.0718. The molecule has 3 heteroatoms. The first-order chi connectivity index (χ1) is 4.63. The summed E-state index contributed by atoms with van der Waals surface area (Å²) in [5.41, 5.74) is -0.708. The van der Waals surface area contributed by atoms with Gasteiger partial charge in [0.2, 0.25) is 5.78 Å². The van der Waals surface area contributed by atoms with E-state index in [0.29, 0.717) is 0 Å². The zero-order chi connectivity index (χ0) is 8.20. The van der Waals surface area contributed by atoms with E-state index in [1.807, 2.05) is 13.8 Å². The molecule has 0 aromatic rings. The van der Waals surface area contributed by atoms with Gasteiger partial charge in [-0.1, -0.05) is 19.0 Å². The lowest BCUT2D eigenvalue weighted by Crippen LogP contribution is -2.28. The molecule has 0 N–H and O–H groups in total. The van der Waals surface area contributed by atoms with Crippen LogP contribution in [-0.2, 0) is 9.63 Å². The van der Waals surface area contributed by atoms with Crippen molar-refractivity contribution in [1.82, 2.24) is 0 Å². The van der Waals surface area contributed by atoms with Crippen LogP contribution in [0.2, 0.25) is 0 Å². The molecule has 0 amide bonds. The highest BCUT2D eigenvalue weighted by atomic mass is 16.7. The lowest BCUT2D eigenvalue weighted by molar-refractivity contribution is -0.128. The lowest BCUT2D eigenvalue weighted by Gasteiger charge is -2.10. The molecule has 0 bridgehead atoms. The summed E-state index contributed by atoms with van der Waals surface area (Å²) in [5.74, 6) is -0.0718. The Balaban J connectivity index is 0.000000371. The molecule has 0 unspecified atom stereocenters. The third kappa shape index (κ3) is 1.83. The van der Waals surface area contributed by atoms with Crippen LogP contribution >= 0.6 is 0 Å². The van der Waals surface area contributed by atoms with Crippen molar-refractivity contribution in [3.05, 3.63) is 0 Å². The number of carbonyl (C=O) groups is 1. The third-order valence-corrected chi connectivity index (χ3v) is 1.04. The summed E-state index contributed by atoms with van der Waals surface area (Å²) >= 11 is 0. The molecule has 0 saturated carbocycles. The van der Waals surface area contributed by atoms with E-state index in [1.54, 1.807) is 13.8 Å². The van der Waals surface area contributed by atoms with E-state index in [0.717, 1.165) is 0 Å². The van der Waals surface area contributed by atoms with Crippen LogP contribution in [0.1, 0.15) is 27.7 Å². The van der Waals surface area contributed by atoms with Crippen LogP contribution in [-0.4, -0.2) is 17.6 Å². The average Bonchev–Trinajstić information content (AvgIpc) is 2.17. The van der Waals surface area contributed by atoms with E-state index in [9.17, 15) is 4.79 Å². The number of rotatable bonds is 0.